The average Bonchev–Trinajstić information content (AvgIpc) is 2.81. The van der Waals surface area contributed by atoms with Gasteiger partial charge in [-0.05, 0) is 19.4 Å². The van der Waals surface area contributed by atoms with Gasteiger partial charge in [0.2, 0.25) is 0 Å². The molecule has 2 aromatic rings. The molecule has 6 heteroatoms. The van der Waals surface area contributed by atoms with Crippen LogP contribution in [0.5, 0.6) is 0 Å². The Kier molecular flexibility index (Phi) is 3.45. The van der Waals surface area contributed by atoms with Gasteiger partial charge >= 0.3 is 5.97 Å². The molecule has 1 unspecified atom stereocenters. The van der Waals surface area contributed by atoms with Crippen LogP contribution in [0, 0.1) is 0 Å². The summed E-state index contributed by atoms with van der Waals surface area (Å²) >= 11 is 0. The number of carboxylic acids is 1. The predicted molar refractivity (Wildman–Crippen MR) is 67.7 cm³/mol. The Morgan fingerprint density at radius 3 is 3.00 bits per heavy atom. The van der Waals surface area contributed by atoms with Crippen molar-refractivity contribution >= 4 is 17.4 Å². The highest BCUT2D eigenvalue weighted by Gasteiger charge is 2.17. The summed E-state index contributed by atoms with van der Waals surface area (Å²) in [5.41, 5.74) is 0.714. The van der Waals surface area contributed by atoms with Crippen LogP contribution in [0.1, 0.15) is 20.3 Å². The van der Waals surface area contributed by atoms with Crippen molar-refractivity contribution in [3.8, 4) is 0 Å². The molecular weight excluding hydrogens is 232 g/mol. The van der Waals surface area contributed by atoms with E-state index < -0.39 is 5.97 Å². The van der Waals surface area contributed by atoms with Crippen LogP contribution in [0.15, 0.2) is 24.5 Å². The molecule has 0 aliphatic rings. The fourth-order valence-electron chi connectivity index (χ4n) is 1.79. The molecule has 96 valence electrons. The van der Waals surface area contributed by atoms with Gasteiger partial charge in [0, 0.05) is 18.3 Å². The second-order valence-corrected chi connectivity index (χ2v) is 4.20. The fraction of sp³-hybridized carbons (Fsp3) is 0.417. The summed E-state index contributed by atoms with van der Waals surface area (Å²) in [6.07, 6.45) is 4.31. The molecule has 1 atom stereocenters. The van der Waals surface area contributed by atoms with E-state index in [2.05, 4.69) is 10.1 Å². The number of hydrogen-bond donors (Lipinski definition) is 1. The smallest absolute Gasteiger partial charge is 0.323 e. The highest BCUT2D eigenvalue weighted by Crippen LogP contribution is 2.16. The van der Waals surface area contributed by atoms with Crippen LogP contribution in [0.4, 0.5) is 5.82 Å². The number of nitrogens with zero attached hydrogens (tertiary/aromatic N) is 4. The molecule has 0 aliphatic carbocycles. The van der Waals surface area contributed by atoms with Crippen molar-refractivity contribution in [1.82, 2.24) is 14.6 Å². The lowest BCUT2D eigenvalue weighted by molar-refractivity contribution is -0.135. The van der Waals surface area contributed by atoms with E-state index in [-0.39, 0.29) is 12.6 Å². The molecule has 0 saturated heterocycles. The van der Waals surface area contributed by atoms with E-state index in [9.17, 15) is 4.79 Å². The molecule has 0 amide bonds. The molecule has 0 spiro atoms. The van der Waals surface area contributed by atoms with Gasteiger partial charge in [-0.25, -0.2) is 9.50 Å². The van der Waals surface area contributed by atoms with Gasteiger partial charge in [0.25, 0.3) is 0 Å². The van der Waals surface area contributed by atoms with Gasteiger partial charge in [0.1, 0.15) is 12.4 Å². The summed E-state index contributed by atoms with van der Waals surface area (Å²) in [6, 6.07) is 3.70. The van der Waals surface area contributed by atoms with Crippen molar-refractivity contribution in [2.45, 2.75) is 26.3 Å². The van der Waals surface area contributed by atoms with Crippen LogP contribution in [0.3, 0.4) is 0 Å². The van der Waals surface area contributed by atoms with Gasteiger partial charge in [-0.1, -0.05) is 6.92 Å². The minimum atomic E-state index is -0.856. The van der Waals surface area contributed by atoms with Crippen LogP contribution < -0.4 is 4.90 Å². The molecule has 0 saturated carbocycles. The van der Waals surface area contributed by atoms with E-state index >= 15 is 0 Å². The molecule has 0 aromatic carbocycles. The Hall–Kier alpha value is -2.11. The summed E-state index contributed by atoms with van der Waals surface area (Å²) in [5, 5.41) is 13.0. The summed E-state index contributed by atoms with van der Waals surface area (Å²) in [6.45, 7) is 3.97. The molecule has 0 radical (unpaired) electrons. The lowest BCUT2D eigenvalue weighted by Crippen LogP contribution is -2.37. The molecule has 2 heterocycles. The molecule has 0 fully saturated rings. The maximum atomic E-state index is 10.9. The second kappa shape index (κ2) is 5.03. The first-order chi connectivity index (χ1) is 8.61. The van der Waals surface area contributed by atoms with Gasteiger partial charge in [-0.3, -0.25) is 4.79 Å². The predicted octanol–water partition coefficient (Wildman–Crippen LogP) is 1.42. The standard InChI is InChI=1S/C12H16N4O2/c1-3-9(2)15(8-12(17)18)10-5-7-16-11(14-10)4-6-13-16/h4-7,9H,3,8H2,1-2H3,(H,17,18). The van der Waals surface area contributed by atoms with E-state index in [1.807, 2.05) is 13.8 Å². The Morgan fingerprint density at radius 2 is 2.33 bits per heavy atom. The van der Waals surface area contributed by atoms with E-state index in [1.54, 1.807) is 33.9 Å². The molecule has 18 heavy (non-hydrogen) atoms. The zero-order valence-electron chi connectivity index (χ0n) is 10.4. The number of anilines is 1. The first kappa shape index (κ1) is 12.3. The number of hydrogen-bond acceptors (Lipinski definition) is 4. The Morgan fingerprint density at radius 1 is 1.56 bits per heavy atom. The van der Waals surface area contributed by atoms with Gasteiger partial charge in [0.15, 0.2) is 5.65 Å². The zero-order valence-corrected chi connectivity index (χ0v) is 10.4. The Balaban J connectivity index is 2.36. The molecular formula is C12H16N4O2. The lowest BCUT2D eigenvalue weighted by atomic mass is 10.2. The van der Waals surface area contributed by atoms with E-state index in [4.69, 9.17) is 5.11 Å². The van der Waals surface area contributed by atoms with Crippen molar-refractivity contribution in [3.63, 3.8) is 0 Å². The molecule has 0 bridgehead atoms. The zero-order chi connectivity index (χ0) is 13.1. The minimum Gasteiger partial charge on any atom is -0.480 e. The first-order valence-corrected chi connectivity index (χ1v) is 5.90. The quantitative estimate of drug-likeness (QED) is 0.866. The number of aliphatic carboxylic acids is 1. The molecule has 1 N–H and O–H groups in total. The van der Waals surface area contributed by atoms with Crippen LogP contribution >= 0.6 is 0 Å². The SMILES string of the molecule is CCC(C)N(CC(=O)O)c1ccn2nccc2n1. The van der Waals surface area contributed by atoms with Crippen molar-refractivity contribution in [2.75, 3.05) is 11.4 Å². The van der Waals surface area contributed by atoms with Crippen molar-refractivity contribution in [2.24, 2.45) is 0 Å². The van der Waals surface area contributed by atoms with Gasteiger partial charge < -0.3 is 10.0 Å². The van der Waals surface area contributed by atoms with E-state index in [0.29, 0.717) is 11.5 Å². The van der Waals surface area contributed by atoms with Crippen molar-refractivity contribution in [1.29, 1.82) is 0 Å². The highest BCUT2D eigenvalue weighted by molar-refractivity contribution is 5.73. The monoisotopic (exact) mass is 248 g/mol. The van der Waals surface area contributed by atoms with Gasteiger partial charge in [0.05, 0.1) is 6.20 Å². The Bertz CT molecular complexity index is 552. The maximum Gasteiger partial charge on any atom is 0.323 e. The number of aromatic nitrogens is 3. The van der Waals surface area contributed by atoms with Crippen LogP contribution in [0.2, 0.25) is 0 Å². The van der Waals surface area contributed by atoms with Crippen LogP contribution in [-0.4, -0.2) is 38.3 Å². The normalized spacial score (nSPS) is 12.6. The maximum absolute atomic E-state index is 10.9. The molecule has 2 rings (SSSR count). The lowest BCUT2D eigenvalue weighted by Gasteiger charge is -2.27. The largest absolute Gasteiger partial charge is 0.480 e. The first-order valence-electron chi connectivity index (χ1n) is 5.90. The van der Waals surface area contributed by atoms with E-state index in [0.717, 1.165) is 6.42 Å². The molecule has 0 aliphatic heterocycles. The topological polar surface area (TPSA) is 70.7 Å². The minimum absolute atomic E-state index is 0.0493. The third-order valence-electron chi connectivity index (χ3n) is 2.97. The summed E-state index contributed by atoms with van der Waals surface area (Å²) in [5.74, 6) is -0.190. The molecule has 2 aromatic heterocycles. The third-order valence-corrected chi connectivity index (χ3v) is 2.97. The average molecular weight is 248 g/mol. The number of fused-ring (bicyclic) bond motifs is 1. The summed E-state index contributed by atoms with van der Waals surface area (Å²) in [7, 11) is 0. The van der Waals surface area contributed by atoms with Crippen LogP contribution in [0.25, 0.3) is 5.65 Å². The number of carbonyl (C=O) groups is 1. The van der Waals surface area contributed by atoms with Gasteiger partial charge in [-0.2, -0.15) is 5.10 Å². The van der Waals surface area contributed by atoms with Crippen LogP contribution in [-0.2, 0) is 4.79 Å². The highest BCUT2D eigenvalue weighted by atomic mass is 16.4. The van der Waals surface area contributed by atoms with Crippen molar-refractivity contribution < 1.29 is 9.90 Å². The number of carboxylic acid groups (broad SMARTS) is 1. The van der Waals surface area contributed by atoms with Gasteiger partial charge in [-0.15, -0.1) is 0 Å². The Labute approximate surface area is 105 Å². The van der Waals surface area contributed by atoms with E-state index in [1.165, 1.54) is 0 Å². The third kappa shape index (κ3) is 2.42. The second-order valence-electron chi connectivity index (χ2n) is 4.20. The summed E-state index contributed by atoms with van der Waals surface area (Å²) < 4.78 is 1.65. The number of rotatable bonds is 5. The van der Waals surface area contributed by atoms with Crippen molar-refractivity contribution in [3.05, 3.63) is 24.5 Å². The molecule has 6 nitrogen and oxygen atoms in total. The fourth-order valence-corrected chi connectivity index (χ4v) is 1.79. The summed E-state index contributed by atoms with van der Waals surface area (Å²) in [4.78, 5) is 17.1.